The van der Waals surface area contributed by atoms with Crippen LogP contribution in [0.5, 0.6) is 0 Å². The lowest BCUT2D eigenvalue weighted by molar-refractivity contribution is 0.321. The normalized spacial score (nSPS) is 19.9. The van der Waals surface area contributed by atoms with E-state index in [1.807, 2.05) is 0 Å². The van der Waals surface area contributed by atoms with E-state index in [4.69, 9.17) is 5.26 Å². The molecule has 0 saturated carbocycles. The number of hydrogen-bond donors (Lipinski definition) is 1. The fourth-order valence-electron chi connectivity index (χ4n) is 2.54. The van der Waals surface area contributed by atoms with Gasteiger partial charge in [0.25, 0.3) is 0 Å². The summed E-state index contributed by atoms with van der Waals surface area (Å²) in [5.74, 6) is 0. The fraction of sp³-hybridized carbons (Fsp3) is 0.533. The highest BCUT2D eigenvalue weighted by atomic mass is 15.2. The number of aryl methyl sites for hydroxylation is 2. The molecule has 0 bridgehead atoms. The Labute approximate surface area is 109 Å². The standard InChI is InChI=1S/C15H21N3/c1-12-3-4-13(2)14(9-12)10-18-8-5-15(11-18)17-7-6-16/h3-4,9,15,17H,5,7-8,10-11H2,1-2H3. The van der Waals surface area contributed by atoms with E-state index in [-0.39, 0.29) is 0 Å². The summed E-state index contributed by atoms with van der Waals surface area (Å²) >= 11 is 0. The topological polar surface area (TPSA) is 39.1 Å². The Morgan fingerprint density at radius 2 is 2.28 bits per heavy atom. The van der Waals surface area contributed by atoms with Crippen molar-refractivity contribution in [1.29, 1.82) is 5.26 Å². The number of benzene rings is 1. The largest absolute Gasteiger partial charge is 0.300 e. The average molecular weight is 243 g/mol. The molecule has 1 fully saturated rings. The quantitative estimate of drug-likeness (QED) is 0.822. The van der Waals surface area contributed by atoms with Gasteiger partial charge in [-0.15, -0.1) is 0 Å². The van der Waals surface area contributed by atoms with Crippen molar-refractivity contribution in [3.63, 3.8) is 0 Å². The molecule has 0 spiro atoms. The highest BCUT2D eigenvalue weighted by molar-refractivity contribution is 5.30. The maximum Gasteiger partial charge on any atom is 0.0843 e. The first-order valence-electron chi connectivity index (χ1n) is 6.58. The van der Waals surface area contributed by atoms with Crippen LogP contribution in [0, 0.1) is 25.2 Å². The van der Waals surface area contributed by atoms with Crippen LogP contribution in [0.2, 0.25) is 0 Å². The summed E-state index contributed by atoms with van der Waals surface area (Å²) in [6.07, 6.45) is 1.15. The second-order valence-electron chi connectivity index (χ2n) is 5.19. The van der Waals surface area contributed by atoms with Crippen LogP contribution in [-0.2, 0) is 6.54 Å². The zero-order chi connectivity index (χ0) is 13.0. The first-order valence-corrected chi connectivity index (χ1v) is 6.58. The van der Waals surface area contributed by atoms with E-state index in [0.29, 0.717) is 12.6 Å². The third-order valence-corrected chi connectivity index (χ3v) is 3.64. The monoisotopic (exact) mass is 243 g/mol. The predicted octanol–water partition coefficient (Wildman–Crippen LogP) is 1.99. The summed E-state index contributed by atoms with van der Waals surface area (Å²) in [6.45, 7) is 7.98. The van der Waals surface area contributed by atoms with Crippen LogP contribution in [0.3, 0.4) is 0 Å². The molecule has 1 heterocycles. The molecule has 2 rings (SSSR count). The Morgan fingerprint density at radius 3 is 3.06 bits per heavy atom. The molecule has 1 N–H and O–H groups in total. The molecule has 1 atom stereocenters. The van der Waals surface area contributed by atoms with Crippen LogP contribution in [0.4, 0.5) is 0 Å². The molecule has 1 aliphatic heterocycles. The summed E-state index contributed by atoms with van der Waals surface area (Å²) in [5, 5.41) is 11.8. The van der Waals surface area contributed by atoms with Crippen LogP contribution in [0.15, 0.2) is 18.2 Å². The third-order valence-electron chi connectivity index (χ3n) is 3.64. The molecule has 1 aromatic rings. The number of rotatable bonds is 4. The number of nitrogens with zero attached hydrogens (tertiary/aromatic N) is 2. The molecule has 18 heavy (non-hydrogen) atoms. The maximum absolute atomic E-state index is 8.57. The van der Waals surface area contributed by atoms with Crippen molar-refractivity contribution >= 4 is 0 Å². The Morgan fingerprint density at radius 1 is 1.44 bits per heavy atom. The van der Waals surface area contributed by atoms with E-state index < -0.39 is 0 Å². The van der Waals surface area contributed by atoms with E-state index in [1.54, 1.807) is 0 Å². The molecule has 0 aromatic heterocycles. The molecule has 3 heteroatoms. The molecule has 1 aliphatic rings. The summed E-state index contributed by atoms with van der Waals surface area (Å²) in [6, 6.07) is 9.28. The first-order chi connectivity index (χ1) is 8.69. The molecule has 1 unspecified atom stereocenters. The van der Waals surface area contributed by atoms with E-state index >= 15 is 0 Å². The van der Waals surface area contributed by atoms with Gasteiger partial charge in [0, 0.05) is 25.7 Å². The lowest BCUT2D eigenvalue weighted by atomic mass is 10.1. The zero-order valence-corrected chi connectivity index (χ0v) is 11.2. The fourth-order valence-corrected chi connectivity index (χ4v) is 2.54. The number of hydrogen-bond acceptors (Lipinski definition) is 3. The van der Waals surface area contributed by atoms with Crippen LogP contribution in [0.25, 0.3) is 0 Å². The van der Waals surface area contributed by atoms with Crippen LogP contribution < -0.4 is 5.32 Å². The minimum Gasteiger partial charge on any atom is -0.300 e. The smallest absolute Gasteiger partial charge is 0.0843 e. The van der Waals surface area contributed by atoms with Gasteiger partial charge in [-0.1, -0.05) is 23.8 Å². The van der Waals surface area contributed by atoms with E-state index in [0.717, 1.165) is 26.1 Å². The predicted molar refractivity (Wildman–Crippen MR) is 73.2 cm³/mol. The van der Waals surface area contributed by atoms with Gasteiger partial charge in [0.05, 0.1) is 12.6 Å². The van der Waals surface area contributed by atoms with Crippen molar-refractivity contribution in [2.24, 2.45) is 0 Å². The van der Waals surface area contributed by atoms with Gasteiger partial charge in [0.15, 0.2) is 0 Å². The van der Waals surface area contributed by atoms with E-state index in [9.17, 15) is 0 Å². The minimum atomic E-state index is 0.460. The minimum absolute atomic E-state index is 0.460. The summed E-state index contributed by atoms with van der Waals surface area (Å²) in [4.78, 5) is 2.47. The van der Waals surface area contributed by atoms with Crippen molar-refractivity contribution in [1.82, 2.24) is 10.2 Å². The summed E-state index contributed by atoms with van der Waals surface area (Å²) in [5.41, 5.74) is 4.12. The summed E-state index contributed by atoms with van der Waals surface area (Å²) < 4.78 is 0. The van der Waals surface area contributed by atoms with Crippen molar-refractivity contribution in [3.05, 3.63) is 34.9 Å². The van der Waals surface area contributed by atoms with Gasteiger partial charge in [0.2, 0.25) is 0 Å². The van der Waals surface area contributed by atoms with E-state index in [1.165, 1.54) is 16.7 Å². The van der Waals surface area contributed by atoms with Crippen molar-refractivity contribution in [2.75, 3.05) is 19.6 Å². The Hall–Kier alpha value is -1.37. The molecule has 1 saturated heterocycles. The highest BCUT2D eigenvalue weighted by Crippen LogP contribution is 2.17. The third kappa shape index (κ3) is 3.32. The van der Waals surface area contributed by atoms with Crippen molar-refractivity contribution < 1.29 is 0 Å². The number of nitriles is 1. The molecular weight excluding hydrogens is 222 g/mol. The van der Waals surface area contributed by atoms with Crippen molar-refractivity contribution in [3.8, 4) is 6.07 Å². The van der Waals surface area contributed by atoms with Crippen LogP contribution in [-0.4, -0.2) is 30.6 Å². The molecule has 0 radical (unpaired) electrons. The van der Waals surface area contributed by atoms with Gasteiger partial charge in [-0.3, -0.25) is 4.90 Å². The lowest BCUT2D eigenvalue weighted by Gasteiger charge is -2.18. The molecule has 0 amide bonds. The maximum atomic E-state index is 8.57. The summed E-state index contributed by atoms with van der Waals surface area (Å²) in [7, 11) is 0. The Balaban J connectivity index is 1.91. The lowest BCUT2D eigenvalue weighted by Crippen LogP contribution is -2.32. The van der Waals surface area contributed by atoms with Gasteiger partial charge in [-0.25, -0.2) is 0 Å². The second kappa shape index (κ2) is 5.99. The van der Waals surface area contributed by atoms with E-state index in [2.05, 4.69) is 48.3 Å². The van der Waals surface area contributed by atoms with Gasteiger partial charge < -0.3 is 5.32 Å². The molecular formula is C15H21N3. The van der Waals surface area contributed by atoms with Crippen molar-refractivity contribution in [2.45, 2.75) is 32.9 Å². The van der Waals surface area contributed by atoms with Crippen LogP contribution >= 0.6 is 0 Å². The molecule has 96 valence electrons. The Kier molecular flexibility index (Phi) is 4.35. The van der Waals surface area contributed by atoms with Gasteiger partial charge in [-0.05, 0) is 31.4 Å². The zero-order valence-electron chi connectivity index (χ0n) is 11.2. The van der Waals surface area contributed by atoms with Gasteiger partial charge >= 0.3 is 0 Å². The molecule has 1 aromatic carbocycles. The molecule has 3 nitrogen and oxygen atoms in total. The van der Waals surface area contributed by atoms with Gasteiger partial charge in [0.1, 0.15) is 0 Å². The van der Waals surface area contributed by atoms with Crippen LogP contribution in [0.1, 0.15) is 23.1 Å². The van der Waals surface area contributed by atoms with Gasteiger partial charge in [-0.2, -0.15) is 5.26 Å². The number of nitrogens with one attached hydrogen (secondary N) is 1. The average Bonchev–Trinajstić information content (AvgIpc) is 2.79. The second-order valence-corrected chi connectivity index (χ2v) is 5.19. The molecule has 0 aliphatic carbocycles. The highest BCUT2D eigenvalue weighted by Gasteiger charge is 2.21. The Bertz CT molecular complexity index is 448. The SMILES string of the molecule is Cc1ccc(C)c(CN2CCC(NCC#N)C2)c1. The first kappa shape index (κ1) is 13.1. The number of likely N-dealkylation sites (tertiary alicyclic amines) is 1.